The molecule has 1 unspecified atom stereocenters. The summed E-state index contributed by atoms with van der Waals surface area (Å²) in [6, 6.07) is 12.1. The molecular weight excluding hydrogens is 459 g/mol. The minimum Gasteiger partial charge on any atom is -0.337 e. The summed E-state index contributed by atoms with van der Waals surface area (Å²) in [6.45, 7) is 3.81. The van der Waals surface area contributed by atoms with E-state index in [4.69, 9.17) is 11.6 Å². The van der Waals surface area contributed by atoms with Gasteiger partial charge in [-0.15, -0.1) is 0 Å². The van der Waals surface area contributed by atoms with Gasteiger partial charge in [0.25, 0.3) is 0 Å². The number of piperazine rings is 1. The second-order valence-corrected chi connectivity index (χ2v) is 8.04. The van der Waals surface area contributed by atoms with Crippen LogP contribution in [0.3, 0.4) is 0 Å². The van der Waals surface area contributed by atoms with E-state index >= 15 is 0 Å². The summed E-state index contributed by atoms with van der Waals surface area (Å²) in [5.41, 5.74) is -0.464. The lowest BCUT2D eigenvalue weighted by Gasteiger charge is -2.37. The van der Waals surface area contributed by atoms with Gasteiger partial charge in [0.1, 0.15) is 0 Å². The molecule has 1 atom stereocenters. The zero-order valence-electron chi connectivity index (χ0n) is 17.6. The van der Waals surface area contributed by atoms with Crippen LogP contribution in [-0.4, -0.2) is 63.2 Å². The molecule has 8 nitrogen and oxygen atoms in total. The highest BCUT2D eigenvalue weighted by Gasteiger charge is 2.35. The smallest absolute Gasteiger partial charge is 0.337 e. The molecule has 1 amide bonds. The fraction of sp³-hybridized carbons (Fsp3) is 0.333. The third-order valence-corrected chi connectivity index (χ3v) is 5.76. The minimum absolute atomic E-state index is 0.0534. The van der Waals surface area contributed by atoms with Crippen molar-refractivity contribution in [3.8, 4) is 5.69 Å². The Balaban J connectivity index is 1.40. The van der Waals surface area contributed by atoms with Crippen LogP contribution in [0.2, 0.25) is 5.02 Å². The molecule has 1 aliphatic heterocycles. The van der Waals surface area contributed by atoms with Crippen LogP contribution in [0.25, 0.3) is 5.69 Å². The lowest BCUT2D eigenvalue weighted by Crippen LogP contribution is -2.53. The summed E-state index contributed by atoms with van der Waals surface area (Å²) >= 11 is 5.71. The molecule has 3 aromatic rings. The van der Waals surface area contributed by atoms with Crippen LogP contribution in [0.4, 0.5) is 24.8 Å². The lowest BCUT2D eigenvalue weighted by molar-refractivity contribution is -0.137. The highest BCUT2D eigenvalue weighted by molar-refractivity contribution is 6.30. The normalized spacial score (nSPS) is 16.0. The maximum absolute atomic E-state index is 13.3. The number of halogens is 4. The second-order valence-electron chi connectivity index (χ2n) is 7.60. The van der Waals surface area contributed by atoms with E-state index < -0.39 is 23.7 Å². The van der Waals surface area contributed by atoms with Crippen molar-refractivity contribution >= 4 is 29.1 Å². The van der Waals surface area contributed by atoms with Crippen LogP contribution in [-0.2, 0) is 11.0 Å². The molecule has 33 heavy (non-hydrogen) atoms. The average molecular weight is 480 g/mol. The Morgan fingerprint density at radius 2 is 1.79 bits per heavy atom. The maximum atomic E-state index is 13.3. The van der Waals surface area contributed by atoms with Gasteiger partial charge in [0.2, 0.25) is 11.9 Å². The number of amides is 1. The number of carbonyl (C=O) groups excluding carboxylic acids is 1. The van der Waals surface area contributed by atoms with Gasteiger partial charge in [-0.3, -0.25) is 9.69 Å². The number of benzene rings is 2. The molecule has 1 aromatic heterocycles. The Morgan fingerprint density at radius 1 is 1.09 bits per heavy atom. The summed E-state index contributed by atoms with van der Waals surface area (Å²) in [5, 5.41) is 14.3. The molecule has 0 spiro atoms. The van der Waals surface area contributed by atoms with Gasteiger partial charge in [-0.05, 0) is 47.7 Å². The summed E-state index contributed by atoms with van der Waals surface area (Å²) in [7, 11) is 0. The van der Waals surface area contributed by atoms with E-state index in [0.29, 0.717) is 32.1 Å². The molecule has 0 bridgehead atoms. The molecule has 0 aliphatic carbocycles. The number of carbonyl (C=O) groups is 1. The van der Waals surface area contributed by atoms with Crippen molar-refractivity contribution in [3.63, 3.8) is 0 Å². The highest BCUT2D eigenvalue weighted by Crippen LogP contribution is 2.36. The first kappa shape index (κ1) is 23.0. The van der Waals surface area contributed by atoms with E-state index in [1.54, 1.807) is 11.6 Å². The molecular formula is C21H21ClF3N7O. The number of hydrogen-bond acceptors (Lipinski definition) is 6. The standard InChI is InChI=1S/C21H21ClF3N7O/c1-14(19(33)26-18-8-7-15(22)13-17(18)21(23,24)25)30-9-11-31(12-10-30)20-27-28-29-32(20)16-5-3-2-4-6-16/h2-8,13-14H,9-12H2,1H3,(H,26,33). The number of para-hydroxylation sites is 1. The number of hydrogen-bond donors (Lipinski definition) is 1. The first-order chi connectivity index (χ1) is 15.7. The fourth-order valence-electron chi connectivity index (χ4n) is 3.69. The number of nitrogens with one attached hydrogen (secondary N) is 1. The predicted molar refractivity (Wildman–Crippen MR) is 117 cm³/mol. The van der Waals surface area contributed by atoms with Crippen molar-refractivity contribution in [2.45, 2.75) is 19.1 Å². The second kappa shape index (κ2) is 9.36. The summed E-state index contributed by atoms with van der Waals surface area (Å²) in [6.07, 6.45) is -4.63. The molecule has 2 heterocycles. The van der Waals surface area contributed by atoms with Crippen molar-refractivity contribution in [1.29, 1.82) is 0 Å². The highest BCUT2D eigenvalue weighted by atomic mass is 35.5. The van der Waals surface area contributed by atoms with E-state index in [0.717, 1.165) is 17.8 Å². The van der Waals surface area contributed by atoms with Crippen molar-refractivity contribution < 1.29 is 18.0 Å². The van der Waals surface area contributed by atoms with Gasteiger partial charge in [-0.2, -0.15) is 17.9 Å². The number of anilines is 2. The topological polar surface area (TPSA) is 79.2 Å². The van der Waals surface area contributed by atoms with Crippen molar-refractivity contribution in [2.24, 2.45) is 0 Å². The number of nitrogens with zero attached hydrogens (tertiary/aromatic N) is 6. The van der Waals surface area contributed by atoms with E-state index in [1.807, 2.05) is 40.1 Å². The minimum atomic E-state index is -4.63. The molecule has 1 N–H and O–H groups in total. The number of rotatable bonds is 5. The van der Waals surface area contributed by atoms with E-state index in [2.05, 4.69) is 20.8 Å². The molecule has 1 aliphatic rings. The maximum Gasteiger partial charge on any atom is 0.418 e. The Kier molecular flexibility index (Phi) is 6.52. The van der Waals surface area contributed by atoms with Crippen LogP contribution >= 0.6 is 11.6 Å². The molecule has 0 saturated carbocycles. The number of tetrazole rings is 1. The van der Waals surface area contributed by atoms with Gasteiger partial charge in [-0.1, -0.05) is 34.9 Å². The molecule has 1 fully saturated rings. The summed E-state index contributed by atoms with van der Waals surface area (Å²) in [4.78, 5) is 16.6. The van der Waals surface area contributed by atoms with Gasteiger partial charge < -0.3 is 10.2 Å². The van der Waals surface area contributed by atoms with Crippen LogP contribution in [0.5, 0.6) is 0 Å². The van der Waals surface area contributed by atoms with Crippen molar-refractivity contribution in [3.05, 3.63) is 59.1 Å². The van der Waals surface area contributed by atoms with Gasteiger partial charge in [0.15, 0.2) is 0 Å². The molecule has 0 radical (unpaired) electrons. The molecule has 2 aromatic carbocycles. The van der Waals surface area contributed by atoms with Crippen LogP contribution in [0.1, 0.15) is 12.5 Å². The number of alkyl halides is 3. The Morgan fingerprint density at radius 3 is 2.45 bits per heavy atom. The zero-order chi connectivity index (χ0) is 23.6. The van der Waals surface area contributed by atoms with E-state index in [1.165, 1.54) is 6.07 Å². The molecule has 1 saturated heterocycles. The SMILES string of the molecule is CC(C(=O)Nc1ccc(Cl)cc1C(F)(F)F)N1CCN(c2nnnn2-c2ccccc2)CC1. The Labute approximate surface area is 192 Å². The monoisotopic (exact) mass is 479 g/mol. The van der Waals surface area contributed by atoms with Crippen molar-refractivity contribution in [2.75, 3.05) is 36.4 Å². The fourth-order valence-corrected chi connectivity index (χ4v) is 3.86. The summed E-state index contributed by atoms with van der Waals surface area (Å²) < 4.78 is 41.6. The average Bonchev–Trinajstić information content (AvgIpc) is 3.30. The summed E-state index contributed by atoms with van der Waals surface area (Å²) in [5.74, 6) is 0.0688. The quantitative estimate of drug-likeness (QED) is 0.603. The van der Waals surface area contributed by atoms with Gasteiger partial charge >= 0.3 is 6.18 Å². The molecule has 4 rings (SSSR count). The Bertz CT molecular complexity index is 1110. The van der Waals surface area contributed by atoms with E-state index in [9.17, 15) is 18.0 Å². The van der Waals surface area contributed by atoms with Crippen LogP contribution < -0.4 is 10.2 Å². The lowest BCUT2D eigenvalue weighted by atomic mass is 10.1. The van der Waals surface area contributed by atoms with Gasteiger partial charge in [0, 0.05) is 31.2 Å². The van der Waals surface area contributed by atoms with Gasteiger partial charge in [-0.25, -0.2) is 0 Å². The third-order valence-electron chi connectivity index (χ3n) is 5.52. The van der Waals surface area contributed by atoms with Crippen molar-refractivity contribution in [1.82, 2.24) is 25.1 Å². The largest absolute Gasteiger partial charge is 0.418 e. The number of aromatic nitrogens is 4. The molecule has 174 valence electrons. The van der Waals surface area contributed by atoms with Gasteiger partial charge in [0.05, 0.1) is 23.0 Å². The third kappa shape index (κ3) is 5.09. The molecule has 12 heteroatoms. The Hall–Kier alpha value is -3.18. The van der Waals surface area contributed by atoms with Crippen LogP contribution in [0, 0.1) is 0 Å². The first-order valence-corrected chi connectivity index (χ1v) is 10.6. The van der Waals surface area contributed by atoms with E-state index in [-0.39, 0.29) is 10.7 Å². The first-order valence-electron chi connectivity index (χ1n) is 10.2. The zero-order valence-corrected chi connectivity index (χ0v) is 18.4. The van der Waals surface area contributed by atoms with Crippen LogP contribution in [0.15, 0.2) is 48.5 Å². The predicted octanol–water partition coefficient (Wildman–Crippen LogP) is 3.48.